The Morgan fingerprint density at radius 3 is 2.70 bits per heavy atom. The molecule has 0 spiro atoms. The molecule has 1 aliphatic rings. The number of halogens is 1. The summed E-state index contributed by atoms with van der Waals surface area (Å²) in [5.41, 5.74) is 1.22. The molecule has 4 heteroatoms. The highest BCUT2D eigenvalue weighted by molar-refractivity contribution is 6.31. The minimum atomic E-state index is 0.118. The molecular formula is C19H30ClNO2. The summed E-state index contributed by atoms with van der Waals surface area (Å²) in [5, 5.41) is 13.2. The van der Waals surface area contributed by atoms with Crippen LogP contribution in [0.15, 0.2) is 18.2 Å². The van der Waals surface area contributed by atoms with Crippen LogP contribution in [-0.4, -0.2) is 30.4 Å². The maximum absolute atomic E-state index is 9.14. The molecule has 1 saturated heterocycles. The van der Waals surface area contributed by atoms with Gasteiger partial charge in [0.25, 0.3) is 0 Å². The van der Waals surface area contributed by atoms with Crippen molar-refractivity contribution in [1.29, 1.82) is 0 Å². The van der Waals surface area contributed by atoms with E-state index in [2.05, 4.69) is 18.3 Å². The van der Waals surface area contributed by atoms with Crippen LogP contribution in [0.25, 0.3) is 0 Å². The molecule has 3 nitrogen and oxygen atoms in total. The van der Waals surface area contributed by atoms with Crippen molar-refractivity contribution in [2.24, 2.45) is 0 Å². The van der Waals surface area contributed by atoms with E-state index in [-0.39, 0.29) is 18.8 Å². The van der Waals surface area contributed by atoms with Crippen molar-refractivity contribution in [3.05, 3.63) is 28.8 Å². The van der Waals surface area contributed by atoms with Crippen molar-refractivity contribution in [3.8, 4) is 5.75 Å². The van der Waals surface area contributed by atoms with E-state index in [1.54, 1.807) is 0 Å². The summed E-state index contributed by atoms with van der Waals surface area (Å²) < 4.78 is 5.96. The van der Waals surface area contributed by atoms with Crippen LogP contribution in [0.2, 0.25) is 5.02 Å². The molecule has 0 unspecified atom stereocenters. The Labute approximate surface area is 145 Å². The van der Waals surface area contributed by atoms with E-state index in [4.69, 9.17) is 21.4 Å². The highest BCUT2D eigenvalue weighted by Gasteiger charge is 2.24. The first-order chi connectivity index (χ1) is 11.2. The van der Waals surface area contributed by atoms with Crippen molar-refractivity contribution in [2.45, 2.75) is 70.4 Å². The van der Waals surface area contributed by atoms with Crippen LogP contribution in [0.1, 0.15) is 57.4 Å². The van der Waals surface area contributed by atoms with Gasteiger partial charge in [-0.1, -0.05) is 56.7 Å². The third kappa shape index (κ3) is 6.33. The number of unbranched alkanes of at least 4 members (excludes halogenated alkanes) is 5. The van der Waals surface area contributed by atoms with Crippen LogP contribution in [0.4, 0.5) is 0 Å². The van der Waals surface area contributed by atoms with Gasteiger partial charge in [-0.2, -0.15) is 0 Å². The van der Waals surface area contributed by atoms with Gasteiger partial charge in [-0.15, -0.1) is 0 Å². The van der Waals surface area contributed by atoms with Crippen LogP contribution in [0, 0.1) is 0 Å². The van der Waals surface area contributed by atoms with Crippen LogP contribution < -0.4 is 10.1 Å². The molecule has 0 saturated carbocycles. The lowest BCUT2D eigenvalue weighted by Gasteiger charge is -2.14. The summed E-state index contributed by atoms with van der Waals surface area (Å²) >= 11 is 6.40. The van der Waals surface area contributed by atoms with Gasteiger partial charge in [0.05, 0.1) is 6.61 Å². The molecule has 1 aromatic rings. The average Bonchev–Trinajstić information content (AvgIpc) is 3.00. The maximum atomic E-state index is 9.14. The summed E-state index contributed by atoms with van der Waals surface area (Å²) in [7, 11) is 0. The Morgan fingerprint density at radius 2 is 2.00 bits per heavy atom. The molecular weight excluding hydrogens is 310 g/mol. The average molecular weight is 340 g/mol. The number of rotatable bonds is 10. The Morgan fingerprint density at radius 1 is 1.22 bits per heavy atom. The standard InChI is InChI=1S/C19H30ClNO2/c1-2-3-4-5-6-7-8-15-9-10-17(12-19(15)20)23-18-11-16(14-22)21-13-18/h9-10,12,16,18,21-22H,2-8,11,13-14H2,1H3/t16-,18+/m1/s1. The summed E-state index contributed by atoms with van der Waals surface area (Å²) in [6.07, 6.45) is 9.81. The quantitative estimate of drug-likeness (QED) is 0.623. The van der Waals surface area contributed by atoms with E-state index in [0.717, 1.165) is 30.2 Å². The van der Waals surface area contributed by atoms with E-state index >= 15 is 0 Å². The number of hydrogen-bond acceptors (Lipinski definition) is 3. The molecule has 1 heterocycles. The molecule has 0 bridgehead atoms. The molecule has 1 aliphatic heterocycles. The molecule has 0 aliphatic carbocycles. The first kappa shape index (κ1) is 18.6. The summed E-state index contributed by atoms with van der Waals surface area (Å²) in [4.78, 5) is 0. The molecule has 2 rings (SSSR count). The Hall–Kier alpha value is -0.770. The monoisotopic (exact) mass is 339 g/mol. The number of aliphatic hydroxyl groups is 1. The molecule has 23 heavy (non-hydrogen) atoms. The van der Waals surface area contributed by atoms with E-state index in [1.807, 2.05) is 12.1 Å². The smallest absolute Gasteiger partial charge is 0.121 e. The Kier molecular flexibility index (Phi) is 8.21. The molecule has 2 atom stereocenters. The van der Waals surface area contributed by atoms with E-state index in [9.17, 15) is 0 Å². The van der Waals surface area contributed by atoms with Crippen molar-refractivity contribution in [1.82, 2.24) is 5.32 Å². The van der Waals surface area contributed by atoms with Crippen molar-refractivity contribution in [2.75, 3.05) is 13.2 Å². The second kappa shape index (κ2) is 10.2. The van der Waals surface area contributed by atoms with Gasteiger partial charge in [0.2, 0.25) is 0 Å². The number of nitrogens with one attached hydrogen (secondary N) is 1. The molecule has 0 aromatic heterocycles. The minimum Gasteiger partial charge on any atom is -0.489 e. The third-order valence-electron chi connectivity index (χ3n) is 4.53. The molecule has 0 amide bonds. The van der Waals surface area contributed by atoms with Gasteiger partial charge in [0.1, 0.15) is 11.9 Å². The fourth-order valence-electron chi connectivity index (χ4n) is 3.10. The summed E-state index contributed by atoms with van der Waals surface area (Å²) in [6.45, 7) is 3.19. The Balaban J connectivity index is 1.74. The molecule has 1 aromatic carbocycles. The van der Waals surface area contributed by atoms with Gasteiger partial charge in [0, 0.05) is 24.0 Å². The minimum absolute atomic E-state index is 0.118. The van der Waals surface area contributed by atoms with Gasteiger partial charge in [-0.05, 0) is 30.5 Å². The molecule has 0 radical (unpaired) electrons. The van der Waals surface area contributed by atoms with Crippen LogP contribution in [0.3, 0.4) is 0 Å². The molecule has 1 fully saturated rings. The lowest BCUT2D eigenvalue weighted by atomic mass is 10.0. The second-order valence-electron chi connectivity index (χ2n) is 6.53. The fourth-order valence-corrected chi connectivity index (χ4v) is 3.37. The van der Waals surface area contributed by atoms with Gasteiger partial charge in [0.15, 0.2) is 0 Å². The SMILES string of the molecule is CCCCCCCCc1ccc(O[C@@H]2CN[C@@H](CO)C2)cc1Cl. The molecule has 2 N–H and O–H groups in total. The highest BCUT2D eigenvalue weighted by Crippen LogP contribution is 2.26. The maximum Gasteiger partial charge on any atom is 0.121 e. The largest absolute Gasteiger partial charge is 0.489 e. The highest BCUT2D eigenvalue weighted by atomic mass is 35.5. The van der Waals surface area contributed by atoms with Crippen LogP contribution in [0.5, 0.6) is 5.75 Å². The first-order valence-corrected chi connectivity index (χ1v) is 9.40. The van der Waals surface area contributed by atoms with E-state index < -0.39 is 0 Å². The number of benzene rings is 1. The summed E-state index contributed by atoms with van der Waals surface area (Å²) in [5.74, 6) is 0.826. The first-order valence-electron chi connectivity index (χ1n) is 9.02. The zero-order valence-corrected chi connectivity index (χ0v) is 14.9. The predicted molar refractivity (Wildman–Crippen MR) is 96.4 cm³/mol. The van der Waals surface area contributed by atoms with E-state index in [0.29, 0.717) is 0 Å². The van der Waals surface area contributed by atoms with Crippen molar-refractivity contribution >= 4 is 11.6 Å². The fraction of sp³-hybridized carbons (Fsp3) is 0.684. The van der Waals surface area contributed by atoms with Gasteiger partial charge >= 0.3 is 0 Å². The van der Waals surface area contributed by atoms with Crippen LogP contribution >= 0.6 is 11.6 Å². The summed E-state index contributed by atoms with van der Waals surface area (Å²) in [6, 6.07) is 6.20. The lowest BCUT2D eigenvalue weighted by Crippen LogP contribution is -2.25. The lowest BCUT2D eigenvalue weighted by molar-refractivity contribution is 0.206. The Bertz CT molecular complexity index is 467. The van der Waals surface area contributed by atoms with Gasteiger partial charge < -0.3 is 15.2 Å². The molecule has 130 valence electrons. The predicted octanol–water partition coefficient (Wildman–Crippen LogP) is 4.34. The number of hydrogen-bond donors (Lipinski definition) is 2. The number of aryl methyl sites for hydroxylation is 1. The third-order valence-corrected chi connectivity index (χ3v) is 4.88. The van der Waals surface area contributed by atoms with Gasteiger partial charge in [-0.25, -0.2) is 0 Å². The van der Waals surface area contributed by atoms with E-state index in [1.165, 1.54) is 44.1 Å². The zero-order chi connectivity index (χ0) is 16.5. The topological polar surface area (TPSA) is 41.5 Å². The number of ether oxygens (including phenoxy) is 1. The second-order valence-corrected chi connectivity index (χ2v) is 6.94. The number of aliphatic hydroxyl groups excluding tert-OH is 1. The van der Waals surface area contributed by atoms with Crippen LogP contribution in [-0.2, 0) is 6.42 Å². The van der Waals surface area contributed by atoms with Crippen molar-refractivity contribution < 1.29 is 9.84 Å². The van der Waals surface area contributed by atoms with Crippen molar-refractivity contribution in [3.63, 3.8) is 0 Å². The van der Waals surface area contributed by atoms with Gasteiger partial charge in [-0.3, -0.25) is 0 Å². The zero-order valence-electron chi connectivity index (χ0n) is 14.2. The normalized spacial score (nSPS) is 20.8.